The maximum absolute atomic E-state index is 13.3. The smallest absolute Gasteiger partial charge is 0.226 e. The highest BCUT2D eigenvalue weighted by molar-refractivity contribution is 6.42. The van der Waals surface area contributed by atoms with Crippen LogP contribution in [0.5, 0.6) is 5.75 Å². The number of amides is 1. The normalized spacial score (nSPS) is 16.4. The predicted octanol–water partition coefficient (Wildman–Crippen LogP) is 8.15. The molecule has 0 spiro atoms. The Kier molecular flexibility index (Phi) is 16.5. The Morgan fingerprint density at radius 2 is 1.62 bits per heavy atom. The molecule has 1 unspecified atom stereocenters. The number of halogens is 4. The molecule has 2 saturated heterocycles. The third-order valence-electron chi connectivity index (χ3n) is 8.03. The Morgan fingerprint density at radius 3 is 2.20 bits per heavy atom. The number of hydrogen-bond acceptors (Lipinski definition) is 5. The van der Waals surface area contributed by atoms with E-state index in [4.69, 9.17) is 32.7 Å². The minimum absolute atomic E-state index is 0. The SMILES string of the molecule is C1CCOC1.CC(C)Oc1cccc(CC(=O)N(C)CC(c2ccc(Cl)c(Cl)c2)N2CCC(O)(c3ccccc3)CC2)c1.Cl.Cl. The van der Waals surface area contributed by atoms with Crippen LogP contribution in [0.3, 0.4) is 0 Å². The van der Waals surface area contributed by atoms with Gasteiger partial charge in [-0.15, -0.1) is 24.8 Å². The molecule has 6 nitrogen and oxygen atoms in total. The van der Waals surface area contributed by atoms with Crippen molar-refractivity contribution in [2.75, 3.05) is 39.9 Å². The predicted molar refractivity (Wildman–Crippen MR) is 188 cm³/mol. The first-order valence-electron chi connectivity index (χ1n) is 15.2. The van der Waals surface area contributed by atoms with Crippen LogP contribution in [0.15, 0.2) is 72.8 Å². The van der Waals surface area contributed by atoms with E-state index in [1.54, 1.807) is 11.0 Å². The molecule has 5 rings (SSSR count). The lowest BCUT2D eigenvalue weighted by molar-refractivity contribution is -0.130. The quantitative estimate of drug-likeness (QED) is 0.244. The van der Waals surface area contributed by atoms with E-state index in [2.05, 4.69) is 4.90 Å². The number of carbonyl (C=O) groups is 1. The monoisotopic (exact) mass is 698 g/mol. The molecule has 0 saturated carbocycles. The number of aliphatic hydroxyl groups is 1. The Balaban J connectivity index is 0.000000917. The van der Waals surface area contributed by atoms with Crippen LogP contribution in [-0.4, -0.2) is 66.8 Å². The number of likely N-dealkylation sites (tertiary alicyclic amines) is 1. The van der Waals surface area contributed by atoms with Gasteiger partial charge in [-0.1, -0.05) is 71.7 Å². The third kappa shape index (κ3) is 11.6. The van der Waals surface area contributed by atoms with Crippen LogP contribution in [0.4, 0.5) is 0 Å². The molecule has 45 heavy (non-hydrogen) atoms. The van der Waals surface area contributed by atoms with E-state index < -0.39 is 5.60 Å². The van der Waals surface area contributed by atoms with Crippen LogP contribution in [-0.2, 0) is 21.6 Å². The summed E-state index contributed by atoms with van der Waals surface area (Å²) in [6.07, 6.45) is 4.12. The molecular weight excluding hydrogens is 654 g/mol. The highest BCUT2D eigenvalue weighted by atomic mass is 35.5. The fourth-order valence-electron chi connectivity index (χ4n) is 5.58. The highest BCUT2D eigenvalue weighted by Crippen LogP contribution is 2.37. The van der Waals surface area contributed by atoms with Gasteiger partial charge in [0.25, 0.3) is 0 Å². The number of piperidine rings is 1. The van der Waals surface area contributed by atoms with Crippen molar-refractivity contribution in [2.24, 2.45) is 0 Å². The number of benzene rings is 3. The maximum atomic E-state index is 13.3. The number of hydrogen-bond donors (Lipinski definition) is 1. The average molecular weight is 701 g/mol. The van der Waals surface area contributed by atoms with Crippen LogP contribution in [0.25, 0.3) is 0 Å². The van der Waals surface area contributed by atoms with Crippen LogP contribution < -0.4 is 4.74 Å². The fourth-order valence-corrected chi connectivity index (χ4v) is 5.88. The summed E-state index contributed by atoms with van der Waals surface area (Å²) in [5.41, 5.74) is 2.00. The van der Waals surface area contributed by atoms with Crippen molar-refractivity contribution in [2.45, 2.75) is 63.7 Å². The van der Waals surface area contributed by atoms with Gasteiger partial charge in [0.05, 0.1) is 34.2 Å². The molecule has 0 bridgehead atoms. The summed E-state index contributed by atoms with van der Waals surface area (Å²) in [6, 6.07) is 23.1. The number of carbonyl (C=O) groups excluding carboxylic acids is 1. The van der Waals surface area contributed by atoms with Crippen LogP contribution in [0.1, 0.15) is 62.3 Å². The number of nitrogens with zero attached hydrogens (tertiary/aromatic N) is 2. The van der Waals surface area contributed by atoms with Gasteiger partial charge in [0.2, 0.25) is 5.91 Å². The Hall–Kier alpha value is -2.03. The summed E-state index contributed by atoms with van der Waals surface area (Å²) in [5.74, 6) is 0.787. The van der Waals surface area contributed by atoms with Gasteiger partial charge in [0, 0.05) is 39.9 Å². The van der Waals surface area contributed by atoms with E-state index in [0.717, 1.165) is 35.7 Å². The zero-order chi connectivity index (χ0) is 30.8. The molecule has 0 radical (unpaired) electrons. The first kappa shape index (κ1) is 39.1. The zero-order valence-corrected chi connectivity index (χ0v) is 29.4. The second-order valence-corrected chi connectivity index (χ2v) is 12.5. The van der Waals surface area contributed by atoms with Crippen molar-refractivity contribution in [3.05, 3.63) is 99.5 Å². The number of likely N-dealkylation sites (N-methyl/N-ethyl adjacent to an activating group) is 1. The first-order chi connectivity index (χ1) is 20.6. The Morgan fingerprint density at radius 1 is 0.956 bits per heavy atom. The van der Waals surface area contributed by atoms with E-state index in [1.165, 1.54) is 12.8 Å². The first-order valence-corrected chi connectivity index (χ1v) is 15.9. The average Bonchev–Trinajstić information content (AvgIpc) is 3.59. The van der Waals surface area contributed by atoms with E-state index in [0.29, 0.717) is 42.5 Å². The van der Waals surface area contributed by atoms with Crippen LogP contribution in [0.2, 0.25) is 10.0 Å². The molecule has 1 amide bonds. The molecule has 2 aliphatic heterocycles. The molecule has 2 fully saturated rings. The van der Waals surface area contributed by atoms with Crippen molar-refractivity contribution in [3.8, 4) is 5.75 Å². The van der Waals surface area contributed by atoms with E-state index in [-0.39, 0.29) is 49.3 Å². The molecule has 0 aromatic heterocycles. The van der Waals surface area contributed by atoms with Gasteiger partial charge in [-0.2, -0.15) is 0 Å². The minimum atomic E-state index is -0.856. The maximum Gasteiger partial charge on any atom is 0.226 e. The van der Waals surface area contributed by atoms with Gasteiger partial charge in [0.15, 0.2) is 0 Å². The number of ether oxygens (including phenoxy) is 2. The summed E-state index contributed by atoms with van der Waals surface area (Å²) in [6.45, 7) is 7.83. The largest absolute Gasteiger partial charge is 0.491 e. The van der Waals surface area contributed by atoms with Crippen molar-refractivity contribution in [3.63, 3.8) is 0 Å². The van der Waals surface area contributed by atoms with Crippen molar-refractivity contribution in [1.29, 1.82) is 0 Å². The summed E-state index contributed by atoms with van der Waals surface area (Å²) in [5, 5.41) is 12.4. The van der Waals surface area contributed by atoms with E-state index >= 15 is 0 Å². The lowest BCUT2D eigenvalue weighted by Crippen LogP contribution is -2.47. The lowest BCUT2D eigenvalue weighted by Gasteiger charge is -2.43. The summed E-state index contributed by atoms with van der Waals surface area (Å²) < 4.78 is 10.7. The Labute approximate surface area is 290 Å². The second-order valence-electron chi connectivity index (χ2n) is 11.7. The molecule has 0 aliphatic carbocycles. The zero-order valence-electron chi connectivity index (χ0n) is 26.3. The highest BCUT2D eigenvalue weighted by Gasteiger charge is 2.37. The van der Waals surface area contributed by atoms with Crippen molar-refractivity contribution < 1.29 is 19.4 Å². The molecule has 248 valence electrons. The standard InChI is InChI=1S/C31H36Cl2N2O3.C4H8O.2ClH/c1-22(2)38-26-11-7-8-23(18-26)19-30(36)34(3)21-29(24-12-13-27(32)28(33)20-24)35-16-14-31(37,15-17-35)25-9-5-4-6-10-25;1-2-4-5-3-1;;/h4-13,18,20,22,29,37H,14-17,19,21H2,1-3H3;1-4H2;2*1H. The molecule has 1 N–H and O–H groups in total. The topological polar surface area (TPSA) is 62.2 Å². The van der Waals surface area contributed by atoms with Gasteiger partial charge in [-0.05, 0) is 80.5 Å². The summed E-state index contributed by atoms with van der Waals surface area (Å²) in [7, 11) is 1.84. The second kappa shape index (κ2) is 19.0. The molecule has 2 heterocycles. The molecule has 3 aromatic rings. The Bertz CT molecular complexity index is 1310. The third-order valence-corrected chi connectivity index (χ3v) is 8.77. The van der Waals surface area contributed by atoms with E-state index in [1.807, 2.05) is 87.6 Å². The lowest BCUT2D eigenvalue weighted by atomic mass is 9.83. The summed E-state index contributed by atoms with van der Waals surface area (Å²) >= 11 is 12.6. The van der Waals surface area contributed by atoms with Crippen LogP contribution in [0, 0.1) is 0 Å². The molecule has 2 aliphatic rings. The van der Waals surface area contributed by atoms with Gasteiger partial charge in [0.1, 0.15) is 5.75 Å². The molecule has 1 atom stereocenters. The van der Waals surface area contributed by atoms with Crippen molar-refractivity contribution in [1.82, 2.24) is 9.80 Å². The van der Waals surface area contributed by atoms with Gasteiger partial charge in [-0.3, -0.25) is 9.69 Å². The van der Waals surface area contributed by atoms with Gasteiger partial charge in [-0.25, -0.2) is 0 Å². The molecule has 10 heteroatoms. The van der Waals surface area contributed by atoms with Crippen molar-refractivity contribution >= 4 is 53.9 Å². The van der Waals surface area contributed by atoms with Gasteiger partial charge < -0.3 is 19.5 Å². The van der Waals surface area contributed by atoms with Crippen LogP contribution >= 0.6 is 48.0 Å². The van der Waals surface area contributed by atoms with E-state index in [9.17, 15) is 9.90 Å². The molecular formula is C35H46Cl4N2O4. The van der Waals surface area contributed by atoms with Gasteiger partial charge >= 0.3 is 0 Å². The number of rotatable bonds is 9. The molecule has 3 aromatic carbocycles. The summed E-state index contributed by atoms with van der Waals surface area (Å²) in [4.78, 5) is 17.4. The fraction of sp³-hybridized carbons (Fsp3) is 0.457. The minimum Gasteiger partial charge on any atom is -0.491 e.